The predicted molar refractivity (Wildman–Crippen MR) is 111 cm³/mol. The van der Waals surface area contributed by atoms with Crippen molar-refractivity contribution in [3.05, 3.63) is 78.2 Å². The van der Waals surface area contributed by atoms with E-state index in [2.05, 4.69) is 15.6 Å². The molecule has 0 saturated heterocycles. The number of allylic oxidation sites excluding steroid dienone is 2. The monoisotopic (exact) mass is 424 g/mol. The van der Waals surface area contributed by atoms with Crippen LogP contribution in [0.5, 0.6) is 0 Å². The van der Waals surface area contributed by atoms with E-state index in [9.17, 15) is 13.6 Å². The SMILES string of the molecule is CCC12C=CC=CN1C1=C(CNC(n3ccnc3-c3cc(F)cc(F)c3)N1)N(C)C2=O. The smallest absolute Gasteiger partial charge is 0.256 e. The highest BCUT2D eigenvalue weighted by Crippen LogP contribution is 2.38. The van der Waals surface area contributed by atoms with Crippen LogP contribution in [0.1, 0.15) is 19.6 Å². The average Bonchev–Trinajstić information content (AvgIpc) is 3.26. The third-order valence-corrected chi connectivity index (χ3v) is 6.09. The molecule has 1 aromatic heterocycles. The van der Waals surface area contributed by atoms with E-state index in [1.54, 1.807) is 28.9 Å². The van der Waals surface area contributed by atoms with E-state index in [4.69, 9.17) is 0 Å². The van der Waals surface area contributed by atoms with Gasteiger partial charge in [0.05, 0.1) is 5.70 Å². The molecular weight excluding hydrogens is 402 g/mol. The Morgan fingerprint density at radius 1 is 1.23 bits per heavy atom. The lowest BCUT2D eigenvalue weighted by atomic mass is 9.87. The maximum atomic E-state index is 13.8. The maximum absolute atomic E-state index is 13.8. The van der Waals surface area contributed by atoms with Crippen LogP contribution in [0.3, 0.4) is 0 Å². The largest absolute Gasteiger partial charge is 0.337 e. The van der Waals surface area contributed by atoms with Gasteiger partial charge in [-0.25, -0.2) is 13.8 Å². The molecule has 0 bridgehead atoms. The number of halogens is 2. The number of likely N-dealkylation sites (N-methyl/N-ethyl adjacent to an activating group) is 1. The Balaban J connectivity index is 1.54. The summed E-state index contributed by atoms with van der Waals surface area (Å²) in [5, 5.41) is 6.80. The Kier molecular flexibility index (Phi) is 4.44. The summed E-state index contributed by atoms with van der Waals surface area (Å²) in [6.07, 6.45) is 11.1. The fraction of sp³-hybridized carbons (Fsp3) is 0.273. The fourth-order valence-electron chi connectivity index (χ4n) is 4.49. The molecule has 1 aromatic carbocycles. The second-order valence-electron chi connectivity index (χ2n) is 7.75. The van der Waals surface area contributed by atoms with Gasteiger partial charge in [-0.1, -0.05) is 13.0 Å². The summed E-state index contributed by atoms with van der Waals surface area (Å²) in [5.41, 5.74) is 0.370. The normalized spacial score (nSPS) is 24.9. The molecule has 2 aromatic rings. The molecule has 31 heavy (non-hydrogen) atoms. The number of aromatic nitrogens is 2. The Morgan fingerprint density at radius 3 is 2.74 bits per heavy atom. The average molecular weight is 424 g/mol. The summed E-state index contributed by atoms with van der Waals surface area (Å²) in [4.78, 5) is 21.2. The van der Waals surface area contributed by atoms with Crippen molar-refractivity contribution in [1.82, 2.24) is 30.0 Å². The summed E-state index contributed by atoms with van der Waals surface area (Å²) < 4.78 is 29.4. The lowest BCUT2D eigenvalue weighted by Crippen LogP contribution is -2.65. The fourth-order valence-corrected chi connectivity index (χ4v) is 4.49. The van der Waals surface area contributed by atoms with Crippen molar-refractivity contribution in [3.63, 3.8) is 0 Å². The van der Waals surface area contributed by atoms with E-state index >= 15 is 0 Å². The van der Waals surface area contributed by atoms with Crippen LogP contribution in [0.2, 0.25) is 0 Å². The van der Waals surface area contributed by atoms with E-state index < -0.39 is 23.5 Å². The molecule has 7 nitrogen and oxygen atoms in total. The minimum Gasteiger partial charge on any atom is -0.337 e. The first-order valence-corrected chi connectivity index (χ1v) is 10.1. The molecule has 4 heterocycles. The van der Waals surface area contributed by atoms with Gasteiger partial charge in [0.25, 0.3) is 5.91 Å². The first-order chi connectivity index (χ1) is 14.9. The molecule has 0 radical (unpaired) electrons. The van der Waals surface area contributed by atoms with Crippen LogP contribution in [0.25, 0.3) is 11.4 Å². The van der Waals surface area contributed by atoms with Crippen LogP contribution in [-0.2, 0) is 4.79 Å². The zero-order valence-electron chi connectivity index (χ0n) is 17.1. The zero-order chi connectivity index (χ0) is 21.8. The molecule has 160 valence electrons. The topological polar surface area (TPSA) is 65.4 Å². The number of hydrogen-bond acceptors (Lipinski definition) is 5. The number of nitrogens with one attached hydrogen (secondary N) is 2. The van der Waals surface area contributed by atoms with Crippen LogP contribution in [0, 0.1) is 11.6 Å². The Morgan fingerprint density at radius 2 is 2.00 bits per heavy atom. The van der Waals surface area contributed by atoms with Crippen molar-refractivity contribution in [2.24, 2.45) is 0 Å². The lowest BCUT2D eigenvalue weighted by molar-refractivity contribution is -0.139. The number of hydrogen-bond donors (Lipinski definition) is 2. The van der Waals surface area contributed by atoms with Gasteiger partial charge in [0.1, 0.15) is 28.8 Å². The number of benzene rings is 1. The van der Waals surface area contributed by atoms with Gasteiger partial charge in [-0.15, -0.1) is 0 Å². The molecule has 0 aliphatic carbocycles. The van der Waals surface area contributed by atoms with Crippen molar-refractivity contribution in [2.75, 3.05) is 13.6 Å². The Bertz CT molecular complexity index is 1130. The van der Waals surface area contributed by atoms with Crippen LogP contribution >= 0.6 is 0 Å². The number of imidazole rings is 1. The molecule has 2 unspecified atom stereocenters. The molecule has 1 amide bonds. The second kappa shape index (κ2) is 7.05. The number of carbonyl (C=O) groups excluding carboxylic acids is 1. The summed E-state index contributed by atoms with van der Waals surface area (Å²) in [6.45, 7) is 2.41. The van der Waals surface area contributed by atoms with Gasteiger partial charge in [0.15, 0.2) is 6.29 Å². The van der Waals surface area contributed by atoms with Gasteiger partial charge in [0.2, 0.25) is 0 Å². The first-order valence-electron chi connectivity index (χ1n) is 10.1. The van der Waals surface area contributed by atoms with E-state index in [-0.39, 0.29) is 5.91 Å². The van der Waals surface area contributed by atoms with Crippen molar-refractivity contribution in [2.45, 2.75) is 25.2 Å². The summed E-state index contributed by atoms with van der Waals surface area (Å²) >= 11 is 0. The minimum absolute atomic E-state index is 0.00922. The van der Waals surface area contributed by atoms with E-state index in [1.807, 2.05) is 36.3 Å². The molecule has 5 rings (SSSR count). The minimum atomic E-state index is -0.791. The Hall–Kier alpha value is -3.46. The van der Waals surface area contributed by atoms with Gasteiger partial charge in [0, 0.05) is 43.8 Å². The second-order valence-corrected chi connectivity index (χ2v) is 7.75. The lowest BCUT2D eigenvalue weighted by Gasteiger charge is -2.51. The van der Waals surface area contributed by atoms with Crippen molar-refractivity contribution < 1.29 is 13.6 Å². The molecule has 2 atom stereocenters. The Labute approximate surface area is 178 Å². The predicted octanol–water partition coefficient (Wildman–Crippen LogP) is 2.65. The molecule has 2 N–H and O–H groups in total. The third-order valence-electron chi connectivity index (χ3n) is 6.09. The van der Waals surface area contributed by atoms with E-state index in [0.717, 1.165) is 17.6 Å². The molecule has 0 saturated carbocycles. The van der Waals surface area contributed by atoms with Gasteiger partial charge in [-0.05, 0) is 30.7 Å². The number of carbonyl (C=O) groups is 1. The van der Waals surface area contributed by atoms with Crippen LogP contribution in [-0.4, -0.2) is 44.4 Å². The maximum Gasteiger partial charge on any atom is 0.256 e. The standard InChI is InChI=1S/C22H22F2N6O/c1-3-22-6-4-5-8-30(22)19-17(28(2)20(22)31)13-26-21(27-19)29-9-7-25-18(29)14-10-15(23)12-16(24)11-14/h4-12,21,26-27H,3,13H2,1-2H3. The quantitative estimate of drug-likeness (QED) is 0.793. The van der Waals surface area contributed by atoms with Gasteiger partial charge in [-0.3, -0.25) is 14.7 Å². The molecule has 0 fully saturated rings. The molecule has 9 heteroatoms. The zero-order valence-corrected chi connectivity index (χ0v) is 17.1. The number of rotatable bonds is 3. The molecule has 0 spiro atoms. The molecule has 3 aliphatic rings. The highest BCUT2D eigenvalue weighted by molar-refractivity contribution is 5.92. The molecular formula is C22H22F2N6O. The summed E-state index contributed by atoms with van der Waals surface area (Å²) in [5.74, 6) is -0.0918. The van der Waals surface area contributed by atoms with Crippen LogP contribution in [0.15, 0.2) is 66.5 Å². The van der Waals surface area contributed by atoms with Gasteiger partial charge < -0.3 is 15.1 Å². The van der Waals surface area contributed by atoms with E-state index in [1.165, 1.54) is 12.1 Å². The van der Waals surface area contributed by atoms with Crippen LogP contribution in [0.4, 0.5) is 8.78 Å². The highest BCUT2D eigenvalue weighted by atomic mass is 19.1. The highest BCUT2D eigenvalue weighted by Gasteiger charge is 2.49. The van der Waals surface area contributed by atoms with Crippen molar-refractivity contribution >= 4 is 5.91 Å². The summed E-state index contributed by atoms with van der Waals surface area (Å²) in [6, 6.07) is 3.34. The number of amides is 1. The number of fused-ring (bicyclic) bond motifs is 2. The number of nitrogens with zero attached hydrogens (tertiary/aromatic N) is 4. The van der Waals surface area contributed by atoms with Crippen molar-refractivity contribution in [3.8, 4) is 11.4 Å². The van der Waals surface area contributed by atoms with Crippen LogP contribution < -0.4 is 10.6 Å². The van der Waals surface area contributed by atoms with E-state index in [0.29, 0.717) is 24.4 Å². The third kappa shape index (κ3) is 2.88. The van der Waals surface area contributed by atoms with Gasteiger partial charge in [-0.2, -0.15) is 0 Å². The molecule has 3 aliphatic heterocycles. The first kappa shape index (κ1) is 19.5. The van der Waals surface area contributed by atoms with Crippen molar-refractivity contribution in [1.29, 1.82) is 0 Å². The summed E-state index contributed by atoms with van der Waals surface area (Å²) in [7, 11) is 1.78. The van der Waals surface area contributed by atoms with Gasteiger partial charge >= 0.3 is 0 Å².